The first-order valence-corrected chi connectivity index (χ1v) is 9.47. The third-order valence-corrected chi connectivity index (χ3v) is 5.30. The molecular weight excluding hydrogens is 345 g/mol. The summed E-state index contributed by atoms with van der Waals surface area (Å²) in [7, 11) is 0. The highest BCUT2D eigenvalue weighted by Gasteiger charge is 2.39. The number of hydrogen-bond acceptors (Lipinski definition) is 3. The number of para-hydroxylation sites is 1. The highest BCUT2D eigenvalue weighted by atomic mass is 19.1. The minimum atomic E-state index is -0.692. The molecule has 2 aromatic carbocycles. The van der Waals surface area contributed by atoms with Crippen molar-refractivity contribution < 1.29 is 18.7 Å². The summed E-state index contributed by atoms with van der Waals surface area (Å²) >= 11 is 0. The molecule has 0 saturated carbocycles. The van der Waals surface area contributed by atoms with Gasteiger partial charge in [0, 0.05) is 12.0 Å². The molecule has 2 atom stereocenters. The number of hydrogen-bond donors (Lipinski definition) is 1. The Morgan fingerprint density at radius 3 is 2.56 bits per heavy atom. The number of halogens is 1. The molecule has 0 unspecified atom stereocenters. The molecule has 0 aliphatic carbocycles. The highest BCUT2D eigenvalue weighted by Crippen LogP contribution is 2.42. The average Bonchev–Trinajstić information content (AvgIpc) is 2.69. The Morgan fingerprint density at radius 1 is 1.22 bits per heavy atom. The molecule has 1 aliphatic heterocycles. The van der Waals surface area contributed by atoms with Crippen molar-refractivity contribution in [2.24, 2.45) is 0 Å². The zero-order valence-electron chi connectivity index (χ0n) is 16.0. The van der Waals surface area contributed by atoms with Gasteiger partial charge in [-0.1, -0.05) is 32.0 Å². The van der Waals surface area contributed by atoms with Crippen LogP contribution in [0.3, 0.4) is 0 Å². The molecule has 2 aromatic rings. The molecule has 1 heterocycles. The molecule has 1 amide bonds. The topological polar surface area (TPSA) is 47.6 Å². The van der Waals surface area contributed by atoms with Crippen LogP contribution in [0.1, 0.15) is 51.6 Å². The number of carbonyl (C=O) groups excluding carboxylic acids is 1. The Labute approximate surface area is 159 Å². The van der Waals surface area contributed by atoms with Gasteiger partial charge in [0.15, 0.2) is 6.10 Å². The predicted octanol–water partition coefficient (Wildman–Crippen LogP) is 4.79. The predicted molar refractivity (Wildman–Crippen MR) is 102 cm³/mol. The summed E-state index contributed by atoms with van der Waals surface area (Å²) in [5.41, 5.74) is 0.699. The Bertz CT molecular complexity index is 786. The van der Waals surface area contributed by atoms with Crippen molar-refractivity contribution in [3.05, 3.63) is 59.9 Å². The van der Waals surface area contributed by atoms with Gasteiger partial charge < -0.3 is 14.8 Å². The molecule has 0 fully saturated rings. The minimum Gasteiger partial charge on any atom is -0.487 e. The molecule has 5 heteroatoms. The second-order valence-corrected chi connectivity index (χ2v) is 7.01. The Morgan fingerprint density at radius 2 is 1.89 bits per heavy atom. The van der Waals surface area contributed by atoms with Gasteiger partial charge in [0.25, 0.3) is 5.91 Å². The standard InChI is InChI=1S/C22H26FNO3/c1-4-22(5-2)14-19(18-8-6-7-9-20(18)27-22)24-21(25)15(3)26-17-12-10-16(23)11-13-17/h6-13,15,19H,4-5,14H2,1-3H3,(H,24,25)/t15-,19-/m1/s1. The molecule has 0 radical (unpaired) electrons. The molecule has 1 aliphatic rings. The monoisotopic (exact) mass is 371 g/mol. The summed E-state index contributed by atoms with van der Waals surface area (Å²) in [6, 6.07) is 13.3. The second-order valence-electron chi connectivity index (χ2n) is 7.01. The van der Waals surface area contributed by atoms with E-state index in [0.717, 1.165) is 24.2 Å². The third-order valence-electron chi connectivity index (χ3n) is 5.30. The summed E-state index contributed by atoms with van der Waals surface area (Å²) in [5.74, 6) is 0.739. The van der Waals surface area contributed by atoms with E-state index in [1.165, 1.54) is 24.3 Å². The van der Waals surface area contributed by atoms with Crippen molar-refractivity contribution in [1.29, 1.82) is 0 Å². The molecule has 0 aromatic heterocycles. The summed E-state index contributed by atoms with van der Waals surface area (Å²) in [6.07, 6.45) is 1.76. The van der Waals surface area contributed by atoms with Crippen LogP contribution in [0.4, 0.5) is 4.39 Å². The normalized spacial score (nSPS) is 18.7. The Balaban J connectivity index is 1.74. The van der Waals surface area contributed by atoms with Gasteiger partial charge in [0.1, 0.15) is 22.9 Å². The van der Waals surface area contributed by atoms with Crippen LogP contribution in [0.5, 0.6) is 11.5 Å². The average molecular weight is 371 g/mol. The van der Waals surface area contributed by atoms with Gasteiger partial charge in [0.05, 0.1) is 6.04 Å². The second kappa shape index (κ2) is 7.99. The van der Waals surface area contributed by atoms with Crippen LogP contribution in [0.25, 0.3) is 0 Å². The van der Waals surface area contributed by atoms with E-state index < -0.39 is 6.10 Å². The van der Waals surface area contributed by atoms with Gasteiger partial charge >= 0.3 is 0 Å². The first-order chi connectivity index (χ1) is 13.0. The number of ether oxygens (including phenoxy) is 2. The number of carbonyl (C=O) groups is 1. The maximum absolute atomic E-state index is 13.0. The van der Waals surface area contributed by atoms with Crippen LogP contribution in [-0.4, -0.2) is 17.6 Å². The first-order valence-electron chi connectivity index (χ1n) is 9.47. The number of amides is 1. The molecular formula is C22H26FNO3. The Hall–Kier alpha value is -2.56. The van der Waals surface area contributed by atoms with E-state index in [0.29, 0.717) is 12.2 Å². The van der Waals surface area contributed by atoms with E-state index in [-0.39, 0.29) is 23.4 Å². The molecule has 1 N–H and O–H groups in total. The third kappa shape index (κ3) is 4.24. The fourth-order valence-electron chi connectivity index (χ4n) is 3.49. The molecule has 27 heavy (non-hydrogen) atoms. The first kappa shape index (κ1) is 19.2. The fraction of sp³-hybridized carbons (Fsp3) is 0.409. The smallest absolute Gasteiger partial charge is 0.261 e. The number of rotatable bonds is 6. The fourth-order valence-corrected chi connectivity index (χ4v) is 3.49. The molecule has 0 saturated heterocycles. The SMILES string of the molecule is CCC1(CC)C[C@@H](NC(=O)[C@@H](C)Oc2ccc(F)cc2)c2ccccc2O1. The van der Waals surface area contributed by atoms with Gasteiger partial charge in [-0.2, -0.15) is 0 Å². The van der Waals surface area contributed by atoms with E-state index in [2.05, 4.69) is 19.2 Å². The highest BCUT2D eigenvalue weighted by molar-refractivity contribution is 5.81. The summed E-state index contributed by atoms with van der Waals surface area (Å²) in [5, 5.41) is 3.11. The lowest BCUT2D eigenvalue weighted by Gasteiger charge is -2.41. The maximum atomic E-state index is 13.0. The van der Waals surface area contributed by atoms with Crippen molar-refractivity contribution in [2.75, 3.05) is 0 Å². The van der Waals surface area contributed by atoms with Crippen molar-refractivity contribution in [3.8, 4) is 11.5 Å². The summed E-state index contributed by atoms with van der Waals surface area (Å²) in [4.78, 5) is 12.7. The lowest BCUT2D eigenvalue weighted by molar-refractivity contribution is -0.128. The van der Waals surface area contributed by atoms with Crippen molar-refractivity contribution in [2.45, 2.75) is 57.8 Å². The number of benzene rings is 2. The molecule has 144 valence electrons. The minimum absolute atomic E-state index is 0.137. The van der Waals surface area contributed by atoms with E-state index in [1.54, 1.807) is 6.92 Å². The van der Waals surface area contributed by atoms with Crippen molar-refractivity contribution in [1.82, 2.24) is 5.32 Å². The van der Waals surface area contributed by atoms with E-state index in [4.69, 9.17) is 9.47 Å². The van der Waals surface area contributed by atoms with E-state index >= 15 is 0 Å². The van der Waals surface area contributed by atoms with Gasteiger partial charge in [0.2, 0.25) is 0 Å². The van der Waals surface area contributed by atoms with Crippen LogP contribution >= 0.6 is 0 Å². The molecule has 0 bridgehead atoms. The van der Waals surface area contributed by atoms with Gasteiger partial charge in [-0.3, -0.25) is 4.79 Å². The van der Waals surface area contributed by atoms with Crippen LogP contribution in [-0.2, 0) is 4.79 Å². The zero-order chi connectivity index (χ0) is 19.4. The van der Waals surface area contributed by atoms with Gasteiger partial charge in [-0.15, -0.1) is 0 Å². The van der Waals surface area contributed by atoms with Gasteiger partial charge in [-0.05, 0) is 50.1 Å². The van der Waals surface area contributed by atoms with E-state index in [1.807, 2.05) is 24.3 Å². The summed E-state index contributed by atoms with van der Waals surface area (Å²) in [6.45, 7) is 5.91. The van der Waals surface area contributed by atoms with Crippen LogP contribution in [0, 0.1) is 5.82 Å². The van der Waals surface area contributed by atoms with Crippen molar-refractivity contribution >= 4 is 5.91 Å². The molecule has 3 rings (SSSR count). The molecule has 0 spiro atoms. The zero-order valence-corrected chi connectivity index (χ0v) is 16.0. The Kier molecular flexibility index (Phi) is 5.68. The number of fused-ring (bicyclic) bond motifs is 1. The largest absolute Gasteiger partial charge is 0.487 e. The molecule has 4 nitrogen and oxygen atoms in total. The lowest BCUT2D eigenvalue weighted by Crippen LogP contribution is -2.46. The van der Waals surface area contributed by atoms with Crippen LogP contribution < -0.4 is 14.8 Å². The quantitative estimate of drug-likeness (QED) is 0.794. The maximum Gasteiger partial charge on any atom is 0.261 e. The van der Waals surface area contributed by atoms with Gasteiger partial charge in [-0.25, -0.2) is 4.39 Å². The van der Waals surface area contributed by atoms with E-state index in [9.17, 15) is 9.18 Å². The lowest BCUT2D eigenvalue weighted by atomic mass is 9.83. The van der Waals surface area contributed by atoms with Crippen LogP contribution in [0.2, 0.25) is 0 Å². The summed E-state index contributed by atoms with van der Waals surface area (Å²) < 4.78 is 25.0. The van der Waals surface area contributed by atoms with Crippen molar-refractivity contribution in [3.63, 3.8) is 0 Å². The number of nitrogens with one attached hydrogen (secondary N) is 1. The van der Waals surface area contributed by atoms with Crippen LogP contribution in [0.15, 0.2) is 48.5 Å².